The Morgan fingerprint density at radius 1 is 0.452 bits per heavy atom. The second-order valence-corrected chi connectivity index (χ2v) is 11.0. The summed E-state index contributed by atoms with van der Waals surface area (Å²) in [6, 6.07) is 33.7. The number of hydrogen-bond donors (Lipinski definition) is 0. The smallest absolute Gasteiger partial charge is 0.0361 e. The SMILES string of the molecule is Brc1ccc2sc3cc(-c4ccc5sc6cc7ccccc7cc6c5c4)ccc3c2c1. The molecule has 7 aromatic rings. The van der Waals surface area contributed by atoms with Crippen molar-refractivity contribution in [3.63, 3.8) is 0 Å². The highest BCUT2D eigenvalue weighted by Crippen LogP contribution is 2.40. The molecule has 2 heterocycles. The zero-order valence-electron chi connectivity index (χ0n) is 16.4. The van der Waals surface area contributed by atoms with Crippen molar-refractivity contribution < 1.29 is 0 Å². The molecule has 0 saturated carbocycles. The van der Waals surface area contributed by atoms with Crippen LogP contribution in [-0.4, -0.2) is 0 Å². The molecule has 0 nitrogen and oxygen atoms in total. The Labute approximate surface area is 195 Å². The largest absolute Gasteiger partial charge is 0.135 e. The quantitative estimate of drug-likeness (QED) is 0.213. The van der Waals surface area contributed by atoms with E-state index in [1.54, 1.807) is 0 Å². The van der Waals surface area contributed by atoms with E-state index in [0.717, 1.165) is 4.47 Å². The molecule has 2 aromatic heterocycles. The van der Waals surface area contributed by atoms with Crippen molar-refractivity contribution in [2.45, 2.75) is 0 Å². The van der Waals surface area contributed by atoms with Crippen LogP contribution < -0.4 is 0 Å². The van der Waals surface area contributed by atoms with Gasteiger partial charge >= 0.3 is 0 Å². The van der Waals surface area contributed by atoms with E-state index in [0.29, 0.717) is 0 Å². The van der Waals surface area contributed by atoms with Crippen LogP contribution in [0.2, 0.25) is 0 Å². The average Bonchev–Trinajstić information content (AvgIpc) is 3.33. The van der Waals surface area contributed by atoms with Gasteiger partial charge in [-0.3, -0.25) is 0 Å². The van der Waals surface area contributed by atoms with E-state index in [-0.39, 0.29) is 0 Å². The van der Waals surface area contributed by atoms with E-state index in [2.05, 4.69) is 107 Å². The second-order valence-electron chi connectivity index (χ2n) is 7.96. The van der Waals surface area contributed by atoms with Gasteiger partial charge in [-0.15, -0.1) is 22.7 Å². The lowest BCUT2D eigenvalue weighted by Crippen LogP contribution is -1.78. The molecule has 0 unspecified atom stereocenters. The highest BCUT2D eigenvalue weighted by molar-refractivity contribution is 9.10. The minimum atomic E-state index is 1.13. The first-order valence-corrected chi connectivity index (χ1v) is 12.6. The third kappa shape index (κ3) is 2.77. The molecule has 0 aliphatic rings. The summed E-state index contributed by atoms with van der Waals surface area (Å²) >= 11 is 7.37. The van der Waals surface area contributed by atoms with Crippen LogP contribution in [0.4, 0.5) is 0 Å². The van der Waals surface area contributed by atoms with Crippen molar-refractivity contribution in [2.24, 2.45) is 0 Å². The average molecular weight is 495 g/mol. The fraction of sp³-hybridized carbons (Fsp3) is 0. The Morgan fingerprint density at radius 2 is 1.06 bits per heavy atom. The van der Waals surface area contributed by atoms with E-state index < -0.39 is 0 Å². The standard InChI is InChI=1S/C28H15BrS2/c29-20-7-10-26-24(15-20)21-8-5-19(14-27(21)30-26)18-6-9-25-22(12-18)23-11-16-3-1-2-4-17(16)13-28(23)31-25/h1-15H. The minimum absolute atomic E-state index is 1.13. The van der Waals surface area contributed by atoms with Gasteiger partial charge in [-0.1, -0.05) is 58.4 Å². The summed E-state index contributed by atoms with van der Waals surface area (Å²) in [6.45, 7) is 0. The zero-order chi connectivity index (χ0) is 20.5. The van der Waals surface area contributed by atoms with Gasteiger partial charge in [0.15, 0.2) is 0 Å². The van der Waals surface area contributed by atoms with Crippen LogP contribution in [0, 0.1) is 0 Å². The lowest BCUT2D eigenvalue weighted by molar-refractivity contribution is 1.72. The number of halogens is 1. The zero-order valence-corrected chi connectivity index (χ0v) is 19.6. The lowest BCUT2D eigenvalue weighted by Gasteiger charge is -2.04. The van der Waals surface area contributed by atoms with Gasteiger partial charge in [0.05, 0.1) is 0 Å². The maximum Gasteiger partial charge on any atom is 0.0361 e. The van der Waals surface area contributed by atoms with Crippen LogP contribution in [0.3, 0.4) is 0 Å². The summed E-state index contributed by atoms with van der Waals surface area (Å²) in [4.78, 5) is 0. The van der Waals surface area contributed by atoms with E-state index in [4.69, 9.17) is 0 Å². The number of rotatable bonds is 1. The lowest BCUT2D eigenvalue weighted by atomic mass is 10.0. The Kier molecular flexibility index (Phi) is 3.83. The monoisotopic (exact) mass is 494 g/mol. The summed E-state index contributed by atoms with van der Waals surface area (Å²) in [6.07, 6.45) is 0. The second kappa shape index (κ2) is 6.64. The van der Waals surface area contributed by atoms with E-state index in [9.17, 15) is 0 Å². The molecule has 0 atom stereocenters. The van der Waals surface area contributed by atoms with Gasteiger partial charge in [0.2, 0.25) is 0 Å². The van der Waals surface area contributed by atoms with Crippen LogP contribution in [0.5, 0.6) is 0 Å². The van der Waals surface area contributed by atoms with E-state index in [1.165, 1.54) is 62.2 Å². The number of fused-ring (bicyclic) bond motifs is 7. The maximum atomic E-state index is 3.61. The first-order chi connectivity index (χ1) is 15.2. The molecule has 0 radical (unpaired) electrons. The van der Waals surface area contributed by atoms with Crippen molar-refractivity contribution in [3.05, 3.63) is 95.5 Å². The highest BCUT2D eigenvalue weighted by atomic mass is 79.9. The molecule has 0 amide bonds. The van der Waals surface area contributed by atoms with Crippen molar-refractivity contribution in [1.82, 2.24) is 0 Å². The summed E-state index contributed by atoms with van der Waals surface area (Å²) in [5.41, 5.74) is 2.56. The fourth-order valence-electron chi connectivity index (χ4n) is 4.57. The number of benzene rings is 5. The number of hydrogen-bond acceptors (Lipinski definition) is 2. The maximum absolute atomic E-state index is 3.61. The van der Waals surface area contributed by atoms with E-state index in [1.807, 2.05) is 22.7 Å². The van der Waals surface area contributed by atoms with Gasteiger partial charge in [-0.2, -0.15) is 0 Å². The fourth-order valence-corrected chi connectivity index (χ4v) is 7.17. The van der Waals surface area contributed by atoms with Gasteiger partial charge in [-0.25, -0.2) is 0 Å². The van der Waals surface area contributed by atoms with Crippen molar-refractivity contribution >= 4 is 89.7 Å². The minimum Gasteiger partial charge on any atom is -0.135 e. The topological polar surface area (TPSA) is 0 Å². The number of thiophene rings is 2. The van der Waals surface area contributed by atoms with E-state index >= 15 is 0 Å². The first-order valence-electron chi connectivity index (χ1n) is 10.2. The molecule has 0 saturated heterocycles. The third-order valence-electron chi connectivity index (χ3n) is 6.10. The van der Waals surface area contributed by atoms with Gasteiger partial charge in [0, 0.05) is 44.8 Å². The van der Waals surface area contributed by atoms with Gasteiger partial charge in [-0.05, 0) is 70.4 Å². The summed E-state index contributed by atoms with van der Waals surface area (Å²) < 4.78 is 6.51. The van der Waals surface area contributed by atoms with Crippen LogP contribution in [0.1, 0.15) is 0 Å². The molecule has 146 valence electrons. The van der Waals surface area contributed by atoms with Crippen LogP contribution in [-0.2, 0) is 0 Å². The van der Waals surface area contributed by atoms with Crippen molar-refractivity contribution in [2.75, 3.05) is 0 Å². The van der Waals surface area contributed by atoms with Crippen LogP contribution >= 0.6 is 38.6 Å². The Balaban J connectivity index is 1.44. The van der Waals surface area contributed by atoms with Crippen molar-refractivity contribution in [3.8, 4) is 11.1 Å². The molecule has 0 N–H and O–H groups in total. The Hall–Kier alpha value is -2.72. The van der Waals surface area contributed by atoms with Gasteiger partial charge < -0.3 is 0 Å². The molecule has 3 heteroatoms. The molecule has 0 aliphatic carbocycles. The molecule has 7 rings (SSSR count). The predicted molar refractivity (Wildman–Crippen MR) is 143 cm³/mol. The first kappa shape index (κ1) is 17.9. The molecule has 0 fully saturated rings. The summed E-state index contributed by atoms with van der Waals surface area (Å²) in [5.74, 6) is 0. The molecule has 0 spiro atoms. The molecular formula is C28H15BrS2. The molecular weight excluding hydrogens is 480 g/mol. The van der Waals surface area contributed by atoms with Gasteiger partial charge in [0.1, 0.15) is 0 Å². The predicted octanol–water partition coefficient (Wildman–Crippen LogP) is 10.0. The summed E-state index contributed by atoms with van der Waals surface area (Å²) in [5, 5.41) is 7.98. The van der Waals surface area contributed by atoms with Crippen LogP contribution in [0.25, 0.3) is 62.2 Å². The molecule has 0 aliphatic heterocycles. The van der Waals surface area contributed by atoms with Gasteiger partial charge in [0.25, 0.3) is 0 Å². The molecule has 31 heavy (non-hydrogen) atoms. The normalized spacial score (nSPS) is 12.0. The Bertz CT molecular complexity index is 1800. The van der Waals surface area contributed by atoms with Crippen molar-refractivity contribution in [1.29, 1.82) is 0 Å². The Morgan fingerprint density at radius 3 is 1.90 bits per heavy atom. The van der Waals surface area contributed by atoms with Crippen LogP contribution in [0.15, 0.2) is 95.5 Å². The molecule has 0 bridgehead atoms. The third-order valence-corrected chi connectivity index (χ3v) is 8.86. The summed E-state index contributed by atoms with van der Waals surface area (Å²) in [7, 11) is 0. The molecule has 5 aromatic carbocycles. The highest BCUT2D eigenvalue weighted by Gasteiger charge is 2.11.